The number of hydrogen-bond donors (Lipinski definition) is 2. The van der Waals surface area contributed by atoms with Crippen LogP contribution in [0.4, 0.5) is 0 Å². The lowest BCUT2D eigenvalue weighted by Crippen LogP contribution is -2.59. The Morgan fingerprint density at radius 2 is 2.44 bits per heavy atom. The Balaban J connectivity index is 1.57. The van der Waals surface area contributed by atoms with Gasteiger partial charge in [0.15, 0.2) is 0 Å². The maximum Gasteiger partial charge on any atom is 0.0902 e. The minimum atomic E-state index is 0.0746. The van der Waals surface area contributed by atoms with Crippen molar-refractivity contribution in [3.63, 3.8) is 0 Å². The fourth-order valence-electron chi connectivity index (χ4n) is 1.60. The van der Waals surface area contributed by atoms with Gasteiger partial charge >= 0.3 is 0 Å². The molecule has 0 amide bonds. The van der Waals surface area contributed by atoms with Crippen molar-refractivity contribution >= 4 is 27.3 Å². The van der Waals surface area contributed by atoms with E-state index in [0.717, 1.165) is 32.8 Å². The minimum Gasteiger partial charge on any atom is -0.371 e. The van der Waals surface area contributed by atoms with E-state index in [1.165, 1.54) is 9.35 Å². The number of halogens is 1. The molecular weight excluding hydrogens is 288 g/mol. The van der Waals surface area contributed by atoms with Gasteiger partial charge < -0.3 is 15.4 Å². The summed E-state index contributed by atoms with van der Waals surface area (Å²) in [6.07, 6.45) is 0. The van der Waals surface area contributed by atoms with Gasteiger partial charge in [-0.1, -0.05) is 0 Å². The first-order valence-corrected chi connectivity index (χ1v) is 7.14. The molecule has 0 spiro atoms. The number of ether oxygens (including phenoxy) is 1. The van der Waals surface area contributed by atoms with Gasteiger partial charge in [0, 0.05) is 35.5 Å². The molecular formula is C11H17BrN2OS. The van der Waals surface area contributed by atoms with Gasteiger partial charge in [-0.25, -0.2) is 0 Å². The maximum absolute atomic E-state index is 5.78. The van der Waals surface area contributed by atoms with E-state index in [4.69, 9.17) is 4.74 Å². The molecule has 1 fully saturated rings. The highest BCUT2D eigenvalue weighted by molar-refractivity contribution is 9.10. The van der Waals surface area contributed by atoms with Crippen LogP contribution in [-0.2, 0) is 11.3 Å². The van der Waals surface area contributed by atoms with Gasteiger partial charge in [-0.3, -0.25) is 0 Å². The molecule has 90 valence electrons. The predicted molar refractivity (Wildman–Crippen MR) is 71.0 cm³/mol. The molecule has 1 aromatic rings. The van der Waals surface area contributed by atoms with Crippen LogP contribution < -0.4 is 10.6 Å². The molecule has 1 saturated heterocycles. The van der Waals surface area contributed by atoms with Crippen LogP contribution in [0.15, 0.2) is 15.9 Å². The molecule has 1 aliphatic heterocycles. The third-order valence-electron chi connectivity index (χ3n) is 2.70. The van der Waals surface area contributed by atoms with Crippen LogP contribution in [0.3, 0.4) is 0 Å². The fraction of sp³-hybridized carbons (Fsp3) is 0.636. The van der Waals surface area contributed by atoms with Crippen LogP contribution >= 0.6 is 27.3 Å². The van der Waals surface area contributed by atoms with Crippen molar-refractivity contribution in [2.24, 2.45) is 0 Å². The minimum absolute atomic E-state index is 0.0746. The number of thiophene rings is 1. The summed E-state index contributed by atoms with van der Waals surface area (Å²) in [5.74, 6) is 0. The zero-order valence-corrected chi connectivity index (χ0v) is 11.8. The molecule has 3 nitrogen and oxygen atoms in total. The maximum atomic E-state index is 5.78. The van der Waals surface area contributed by atoms with Crippen LogP contribution in [0, 0.1) is 0 Å². The topological polar surface area (TPSA) is 33.3 Å². The molecule has 1 aliphatic rings. The average molecular weight is 305 g/mol. The number of rotatable bonds is 6. The molecule has 0 bridgehead atoms. The van der Waals surface area contributed by atoms with E-state index < -0.39 is 0 Å². The second-order valence-corrected chi connectivity index (χ2v) is 6.13. The summed E-state index contributed by atoms with van der Waals surface area (Å²) in [6.45, 7) is 6.70. The average Bonchev–Trinajstić information content (AvgIpc) is 2.61. The van der Waals surface area contributed by atoms with Crippen LogP contribution in [0.25, 0.3) is 0 Å². The van der Waals surface area contributed by atoms with Gasteiger partial charge in [0.1, 0.15) is 0 Å². The van der Waals surface area contributed by atoms with Crippen molar-refractivity contribution in [1.29, 1.82) is 0 Å². The molecule has 2 heterocycles. The number of hydrogen-bond acceptors (Lipinski definition) is 4. The van der Waals surface area contributed by atoms with E-state index in [2.05, 4.69) is 44.9 Å². The molecule has 1 aromatic heterocycles. The Kier molecular flexibility index (Phi) is 4.38. The van der Waals surface area contributed by atoms with Crippen LogP contribution in [0.1, 0.15) is 11.8 Å². The van der Waals surface area contributed by atoms with Gasteiger partial charge in [0.05, 0.1) is 12.2 Å². The highest BCUT2D eigenvalue weighted by Crippen LogP contribution is 2.22. The SMILES string of the molecule is CC1(OCCNCc2sccc2Br)CNC1. The largest absolute Gasteiger partial charge is 0.371 e. The first-order chi connectivity index (χ1) is 7.70. The second kappa shape index (κ2) is 5.60. The quantitative estimate of drug-likeness (QED) is 0.789. The molecule has 16 heavy (non-hydrogen) atoms. The molecule has 0 saturated carbocycles. The fourth-order valence-corrected chi connectivity index (χ4v) is 3.06. The normalized spacial score (nSPS) is 18.4. The van der Waals surface area contributed by atoms with Crippen molar-refractivity contribution in [2.45, 2.75) is 19.1 Å². The summed E-state index contributed by atoms with van der Waals surface area (Å²) in [7, 11) is 0. The van der Waals surface area contributed by atoms with Gasteiger partial charge in [-0.15, -0.1) is 11.3 Å². The third-order valence-corrected chi connectivity index (χ3v) is 4.63. The lowest BCUT2D eigenvalue weighted by molar-refractivity contribution is -0.0648. The summed E-state index contributed by atoms with van der Waals surface area (Å²) < 4.78 is 6.98. The molecule has 0 aromatic carbocycles. The molecule has 0 radical (unpaired) electrons. The smallest absolute Gasteiger partial charge is 0.0902 e. The first-order valence-electron chi connectivity index (χ1n) is 5.47. The van der Waals surface area contributed by atoms with E-state index in [-0.39, 0.29) is 5.60 Å². The van der Waals surface area contributed by atoms with Crippen molar-refractivity contribution in [1.82, 2.24) is 10.6 Å². The van der Waals surface area contributed by atoms with Gasteiger partial charge in [0.25, 0.3) is 0 Å². The first kappa shape index (κ1) is 12.5. The predicted octanol–water partition coefficient (Wildman–Crippen LogP) is 1.98. The molecule has 0 aliphatic carbocycles. The van der Waals surface area contributed by atoms with Gasteiger partial charge in [-0.2, -0.15) is 0 Å². The summed E-state index contributed by atoms with van der Waals surface area (Å²) in [5, 5.41) is 8.70. The van der Waals surface area contributed by atoms with Crippen molar-refractivity contribution < 1.29 is 4.74 Å². The zero-order chi connectivity index (χ0) is 11.4. The van der Waals surface area contributed by atoms with Crippen molar-refractivity contribution in [3.8, 4) is 0 Å². The summed E-state index contributed by atoms with van der Waals surface area (Å²) in [5.41, 5.74) is 0.0746. The highest BCUT2D eigenvalue weighted by atomic mass is 79.9. The van der Waals surface area contributed by atoms with E-state index in [9.17, 15) is 0 Å². The lowest BCUT2D eigenvalue weighted by atomic mass is 10.0. The molecule has 0 atom stereocenters. The summed E-state index contributed by atoms with van der Waals surface area (Å²) >= 11 is 5.29. The highest BCUT2D eigenvalue weighted by Gasteiger charge is 2.31. The lowest BCUT2D eigenvalue weighted by Gasteiger charge is -2.39. The Morgan fingerprint density at radius 3 is 3.00 bits per heavy atom. The van der Waals surface area contributed by atoms with E-state index in [1.807, 2.05) is 0 Å². The van der Waals surface area contributed by atoms with Gasteiger partial charge in [-0.05, 0) is 34.3 Å². The Labute approximate surface area is 109 Å². The standard InChI is InChI=1S/C11H17BrN2OS/c1-11(7-14-8-11)15-4-3-13-6-10-9(12)2-5-16-10/h2,5,13-14H,3-4,6-8H2,1H3. The zero-order valence-electron chi connectivity index (χ0n) is 9.38. The molecule has 2 rings (SSSR count). The Hall–Kier alpha value is 0.0600. The number of nitrogens with one attached hydrogen (secondary N) is 2. The molecule has 0 unspecified atom stereocenters. The van der Waals surface area contributed by atoms with E-state index in [1.54, 1.807) is 11.3 Å². The molecule has 2 N–H and O–H groups in total. The Bertz CT molecular complexity index is 338. The second-order valence-electron chi connectivity index (χ2n) is 4.27. The van der Waals surface area contributed by atoms with Crippen LogP contribution in [0.5, 0.6) is 0 Å². The van der Waals surface area contributed by atoms with E-state index in [0.29, 0.717) is 0 Å². The van der Waals surface area contributed by atoms with Gasteiger partial charge in [0.2, 0.25) is 0 Å². The van der Waals surface area contributed by atoms with E-state index >= 15 is 0 Å². The van der Waals surface area contributed by atoms with Crippen LogP contribution in [-0.4, -0.2) is 31.8 Å². The van der Waals surface area contributed by atoms with Crippen molar-refractivity contribution in [3.05, 3.63) is 20.8 Å². The Morgan fingerprint density at radius 1 is 1.62 bits per heavy atom. The van der Waals surface area contributed by atoms with Crippen LogP contribution in [0.2, 0.25) is 0 Å². The summed E-state index contributed by atoms with van der Waals surface area (Å²) in [4.78, 5) is 1.34. The van der Waals surface area contributed by atoms with Crippen molar-refractivity contribution in [2.75, 3.05) is 26.2 Å². The molecule has 5 heteroatoms. The summed E-state index contributed by atoms with van der Waals surface area (Å²) in [6, 6.07) is 2.08. The third kappa shape index (κ3) is 3.28. The monoisotopic (exact) mass is 304 g/mol.